The highest BCUT2D eigenvalue weighted by molar-refractivity contribution is 5.09. The van der Waals surface area contributed by atoms with E-state index in [0.717, 1.165) is 18.8 Å². The van der Waals surface area contributed by atoms with Crippen molar-refractivity contribution in [2.24, 2.45) is 5.92 Å². The molecule has 1 heterocycles. The third-order valence-corrected chi connectivity index (χ3v) is 3.55. The van der Waals surface area contributed by atoms with Gasteiger partial charge in [0.2, 0.25) is 0 Å². The van der Waals surface area contributed by atoms with E-state index in [-0.39, 0.29) is 5.60 Å². The van der Waals surface area contributed by atoms with Gasteiger partial charge in [0.1, 0.15) is 0 Å². The van der Waals surface area contributed by atoms with Gasteiger partial charge in [-0.25, -0.2) is 0 Å². The van der Waals surface area contributed by atoms with Crippen molar-refractivity contribution in [1.82, 2.24) is 0 Å². The van der Waals surface area contributed by atoms with Crippen LogP contribution in [0.2, 0.25) is 0 Å². The predicted molar refractivity (Wildman–Crippen MR) is 63.7 cm³/mol. The first kappa shape index (κ1) is 10.7. The average Bonchev–Trinajstić information content (AvgIpc) is 2.56. The van der Waals surface area contributed by atoms with Crippen molar-refractivity contribution < 1.29 is 4.74 Å². The summed E-state index contributed by atoms with van der Waals surface area (Å²) < 4.78 is 6.20. The van der Waals surface area contributed by atoms with Gasteiger partial charge in [-0.15, -0.1) is 13.2 Å². The summed E-state index contributed by atoms with van der Waals surface area (Å²) in [6.07, 6.45) is 14.3. The fourth-order valence-corrected chi connectivity index (χ4v) is 2.90. The molecule has 0 amide bonds. The van der Waals surface area contributed by atoms with Crippen LogP contribution in [0.1, 0.15) is 32.1 Å². The fourth-order valence-electron chi connectivity index (χ4n) is 2.90. The highest BCUT2D eigenvalue weighted by Gasteiger charge is 2.44. The lowest BCUT2D eigenvalue weighted by molar-refractivity contribution is -0.0228. The Balaban J connectivity index is 2.12. The molecule has 0 spiro atoms. The van der Waals surface area contributed by atoms with E-state index in [9.17, 15) is 0 Å². The molecule has 0 N–H and O–H groups in total. The van der Waals surface area contributed by atoms with Crippen LogP contribution in [-0.4, -0.2) is 11.7 Å². The van der Waals surface area contributed by atoms with Crippen LogP contribution in [0.3, 0.4) is 0 Å². The molecule has 0 unspecified atom stereocenters. The maximum Gasteiger partial charge on any atom is 0.0792 e. The lowest BCUT2D eigenvalue weighted by Gasteiger charge is -2.26. The molecular formula is C14H20O. The number of hydrogen-bond donors (Lipinski definition) is 0. The zero-order chi connectivity index (χ0) is 10.7. The predicted octanol–water partition coefficient (Wildman–Crippen LogP) is 3.63. The second kappa shape index (κ2) is 4.36. The molecule has 15 heavy (non-hydrogen) atoms. The van der Waals surface area contributed by atoms with Gasteiger partial charge < -0.3 is 4.74 Å². The largest absolute Gasteiger partial charge is 0.367 e. The molecule has 82 valence electrons. The monoisotopic (exact) mass is 204 g/mol. The highest BCUT2D eigenvalue weighted by atomic mass is 16.5. The van der Waals surface area contributed by atoms with Crippen LogP contribution >= 0.6 is 0 Å². The Bertz CT molecular complexity index is 267. The minimum absolute atomic E-state index is 0.00644. The van der Waals surface area contributed by atoms with Crippen LogP contribution in [0.25, 0.3) is 0 Å². The quantitative estimate of drug-likeness (QED) is 0.635. The molecule has 1 aliphatic heterocycles. The molecule has 1 heteroatoms. The molecule has 0 aromatic heterocycles. The van der Waals surface area contributed by atoms with E-state index in [0.29, 0.717) is 6.10 Å². The van der Waals surface area contributed by atoms with Gasteiger partial charge >= 0.3 is 0 Å². The molecule has 1 saturated heterocycles. The zero-order valence-electron chi connectivity index (χ0n) is 9.32. The molecule has 0 aromatic rings. The maximum absolute atomic E-state index is 6.20. The minimum Gasteiger partial charge on any atom is -0.367 e. The summed E-state index contributed by atoms with van der Waals surface area (Å²) in [5.74, 6) is 0.717. The number of allylic oxidation sites excluding steroid dienone is 1. The topological polar surface area (TPSA) is 9.23 Å². The van der Waals surface area contributed by atoms with Gasteiger partial charge in [-0.2, -0.15) is 0 Å². The fraction of sp³-hybridized carbons (Fsp3) is 0.571. The summed E-state index contributed by atoms with van der Waals surface area (Å²) in [5.41, 5.74) is -0.00644. The Morgan fingerprint density at radius 2 is 2.07 bits per heavy atom. The molecule has 2 rings (SSSR count). The first-order valence-electron chi connectivity index (χ1n) is 5.86. The van der Waals surface area contributed by atoms with E-state index >= 15 is 0 Å². The van der Waals surface area contributed by atoms with Crippen LogP contribution in [0.4, 0.5) is 0 Å². The van der Waals surface area contributed by atoms with Gasteiger partial charge in [0.05, 0.1) is 11.7 Å². The normalized spacial score (nSPS) is 32.3. The summed E-state index contributed by atoms with van der Waals surface area (Å²) in [5, 5.41) is 0. The zero-order valence-corrected chi connectivity index (χ0v) is 9.32. The summed E-state index contributed by atoms with van der Waals surface area (Å²) in [4.78, 5) is 0. The number of rotatable bonds is 4. The summed E-state index contributed by atoms with van der Waals surface area (Å²) in [7, 11) is 0. The average molecular weight is 204 g/mol. The third kappa shape index (κ3) is 2.07. The van der Waals surface area contributed by atoms with E-state index in [1.165, 1.54) is 19.3 Å². The number of hydrogen-bond acceptors (Lipinski definition) is 1. The molecule has 0 aromatic carbocycles. The van der Waals surface area contributed by atoms with Gasteiger partial charge in [0.15, 0.2) is 0 Å². The molecule has 2 atom stereocenters. The SMILES string of the molecule is C=CCC1(CC=C)C[C@@H]2CCC=C[C@@H]2O1. The van der Waals surface area contributed by atoms with E-state index in [1.54, 1.807) is 0 Å². The van der Waals surface area contributed by atoms with Gasteiger partial charge in [0, 0.05) is 0 Å². The molecular weight excluding hydrogens is 184 g/mol. The smallest absolute Gasteiger partial charge is 0.0792 e. The Hall–Kier alpha value is -0.820. The van der Waals surface area contributed by atoms with Gasteiger partial charge in [-0.3, -0.25) is 0 Å². The van der Waals surface area contributed by atoms with Crippen LogP contribution < -0.4 is 0 Å². The van der Waals surface area contributed by atoms with Crippen molar-refractivity contribution in [1.29, 1.82) is 0 Å². The Morgan fingerprint density at radius 3 is 2.67 bits per heavy atom. The van der Waals surface area contributed by atoms with E-state index in [1.807, 2.05) is 12.2 Å². The summed E-state index contributed by atoms with van der Waals surface area (Å²) in [6.45, 7) is 7.67. The number of ether oxygens (including phenoxy) is 1. The molecule has 0 saturated carbocycles. The molecule has 1 aliphatic carbocycles. The van der Waals surface area contributed by atoms with Gasteiger partial charge in [0.25, 0.3) is 0 Å². The van der Waals surface area contributed by atoms with Crippen LogP contribution in [0.5, 0.6) is 0 Å². The van der Waals surface area contributed by atoms with E-state index in [2.05, 4.69) is 25.3 Å². The lowest BCUT2D eigenvalue weighted by Crippen LogP contribution is -2.27. The van der Waals surface area contributed by atoms with Crippen molar-refractivity contribution in [3.63, 3.8) is 0 Å². The van der Waals surface area contributed by atoms with Crippen molar-refractivity contribution in [2.75, 3.05) is 0 Å². The first-order chi connectivity index (χ1) is 7.29. The number of fused-ring (bicyclic) bond motifs is 1. The molecule has 0 radical (unpaired) electrons. The van der Waals surface area contributed by atoms with E-state index in [4.69, 9.17) is 4.74 Å². The van der Waals surface area contributed by atoms with Gasteiger partial charge in [-0.05, 0) is 38.0 Å². The van der Waals surface area contributed by atoms with Crippen molar-refractivity contribution in [3.8, 4) is 0 Å². The van der Waals surface area contributed by atoms with Crippen molar-refractivity contribution in [3.05, 3.63) is 37.5 Å². The Kier molecular flexibility index (Phi) is 3.11. The molecule has 2 aliphatic rings. The second-order valence-corrected chi connectivity index (χ2v) is 4.72. The molecule has 0 bridgehead atoms. The second-order valence-electron chi connectivity index (χ2n) is 4.72. The Labute approximate surface area is 92.5 Å². The van der Waals surface area contributed by atoms with E-state index < -0.39 is 0 Å². The van der Waals surface area contributed by atoms with Crippen molar-refractivity contribution in [2.45, 2.75) is 43.8 Å². The molecule has 1 fully saturated rings. The third-order valence-electron chi connectivity index (χ3n) is 3.55. The van der Waals surface area contributed by atoms with Crippen LogP contribution in [0.15, 0.2) is 37.5 Å². The van der Waals surface area contributed by atoms with Gasteiger partial charge in [-0.1, -0.05) is 24.3 Å². The first-order valence-corrected chi connectivity index (χ1v) is 5.86. The molecule has 1 nitrogen and oxygen atoms in total. The summed E-state index contributed by atoms with van der Waals surface area (Å²) in [6, 6.07) is 0. The summed E-state index contributed by atoms with van der Waals surface area (Å²) >= 11 is 0. The van der Waals surface area contributed by atoms with Crippen molar-refractivity contribution >= 4 is 0 Å². The Morgan fingerprint density at radius 1 is 1.33 bits per heavy atom. The van der Waals surface area contributed by atoms with Crippen LogP contribution in [0, 0.1) is 5.92 Å². The minimum atomic E-state index is -0.00644. The van der Waals surface area contributed by atoms with Crippen LogP contribution in [-0.2, 0) is 4.74 Å². The highest BCUT2D eigenvalue weighted by Crippen LogP contribution is 2.44. The standard InChI is InChI=1S/C14H20O/c1-3-9-14(10-4-2)11-12-7-5-6-8-13(12)15-14/h3-4,6,8,12-13H,1-2,5,7,9-11H2/t12-,13-/m0/s1. The maximum atomic E-state index is 6.20. The lowest BCUT2D eigenvalue weighted by atomic mass is 9.83.